The van der Waals surface area contributed by atoms with Crippen LogP contribution in [-0.4, -0.2) is 97.6 Å². The molecule has 2 heterocycles. The number of amides is 1. The zero-order valence-electron chi connectivity index (χ0n) is 41.8. The lowest BCUT2D eigenvalue weighted by molar-refractivity contribution is -0.256. The molecule has 384 valence electrons. The van der Waals surface area contributed by atoms with Gasteiger partial charge in [0.25, 0.3) is 0 Å². The molecule has 1 saturated carbocycles. The third-order valence-electron chi connectivity index (χ3n) is 13.6. The highest BCUT2D eigenvalue weighted by molar-refractivity contribution is 6.03. The summed E-state index contributed by atoms with van der Waals surface area (Å²) in [5.74, 6) is 0.545. The van der Waals surface area contributed by atoms with Crippen LogP contribution in [0.3, 0.4) is 0 Å². The van der Waals surface area contributed by atoms with Crippen molar-refractivity contribution >= 4 is 18.1 Å². The Hall–Kier alpha value is -6.39. The number of ether oxygens (including phenoxy) is 8. The lowest BCUT2D eigenvalue weighted by Gasteiger charge is -2.60. The van der Waals surface area contributed by atoms with Gasteiger partial charge < -0.3 is 52.9 Å². The maximum Gasteiger partial charge on any atom is 0.410 e. The molecule has 4 aromatic rings. The minimum atomic E-state index is -1.57. The lowest BCUT2D eigenvalue weighted by atomic mass is 9.55. The molecule has 0 spiro atoms. The van der Waals surface area contributed by atoms with Crippen LogP contribution in [0.4, 0.5) is 4.79 Å². The van der Waals surface area contributed by atoms with Gasteiger partial charge in [-0.3, -0.25) is 9.69 Å². The molecule has 0 bridgehead atoms. The van der Waals surface area contributed by atoms with Crippen molar-refractivity contribution in [2.45, 2.75) is 102 Å². The highest BCUT2D eigenvalue weighted by Gasteiger charge is 2.66. The van der Waals surface area contributed by atoms with E-state index in [9.17, 15) is 15.0 Å². The number of aliphatic hydroxyl groups is 2. The number of rotatable bonds is 24. The Morgan fingerprint density at radius 1 is 0.889 bits per heavy atom. The summed E-state index contributed by atoms with van der Waals surface area (Å²) in [7, 11) is 1.51. The molecule has 1 fully saturated rings. The number of carbonyl (C=O) groups excluding carboxylic acids is 2. The van der Waals surface area contributed by atoms with Gasteiger partial charge in [-0.1, -0.05) is 66.5 Å². The highest BCUT2D eigenvalue weighted by Crippen LogP contribution is 2.62. The SMILES string of the molecule is C=CCO[C@@]12Oc3ccc(Oc4ccc(OC)c(C=O)c4)cc3[C@H]3[C@H](CCCCO)[C@@H](CCCCO)C=C(C(=NOC(C)(C)C)C[C@@H]1N(Cc1ccc4c(c1)OCO4)C(=O)OCCOCc1ccccc1)[C@H]32. The summed E-state index contributed by atoms with van der Waals surface area (Å²) >= 11 is 0. The zero-order chi connectivity index (χ0) is 50.7. The minimum absolute atomic E-state index is 0.00201. The third-order valence-corrected chi connectivity index (χ3v) is 13.6. The number of benzene rings is 4. The molecule has 72 heavy (non-hydrogen) atoms. The number of aliphatic hydroxyl groups excluding tert-OH is 2. The van der Waals surface area contributed by atoms with Gasteiger partial charge >= 0.3 is 6.09 Å². The number of methoxy groups -OCH3 is 1. The van der Waals surface area contributed by atoms with Crippen LogP contribution < -0.4 is 23.7 Å². The molecular weight excluding hydrogens is 921 g/mol. The van der Waals surface area contributed by atoms with Gasteiger partial charge in [-0.15, -0.1) is 6.58 Å². The number of carbonyl (C=O) groups is 2. The van der Waals surface area contributed by atoms with Gasteiger partial charge in [-0.25, -0.2) is 4.79 Å². The maximum absolute atomic E-state index is 15.1. The normalized spacial score (nSPS) is 22.2. The largest absolute Gasteiger partial charge is 0.496 e. The Bertz CT molecular complexity index is 2560. The number of hydrogen-bond donors (Lipinski definition) is 2. The molecule has 15 heteroatoms. The summed E-state index contributed by atoms with van der Waals surface area (Å²) in [6.45, 7) is 10.7. The van der Waals surface area contributed by atoms with Gasteiger partial charge in [0.05, 0.1) is 44.1 Å². The van der Waals surface area contributed by atoms with E-state index in [0.717, 1.165) is 54.2 Å². The van der Waals surface area contributed by atoms with Crippen LogP contribution in [0, 0.1) is 17.8 Å². The van der Waals surface area contributed by atoms with Crippen molar-refractivity contribution in [2.24, 2.45) is 22.9 Å². The molecule has 2 aliphatic carbocycles. The van der Waals surface area contributed by atoms with E-state index < -0.39 is 29.4 Å². The molecular formula is C57H68N2O13. The first-order valence-electron chi connectivity index (χ1n) is 25.0. The van der Waals surface area contributed by atoms with Gasteiger partial charge in [0, 0.05) is 37.7 Å². The monoisotopic (exact) mass is 988 g/mol. The summed E-state index contributed by atoms with van der Waals surface area (Å²) in [5.41, 5.74) is 3.81. The predicted molar refractivity (Wildman–Crippen MR) is 270 cm³/mol. The fourth-order valence-corrected chi connectivity index (χ4v) is 10.5. The molecule has 1 amide bonds. The van der Waals surface area contributed by atoms with Crippen LogP contribution in [0.5, 0.6) is 34.5 Å². The Labute approximate surface area is 422 Å². The molecule has 8 rings (SSSR count). The Kier molecular flexibility index (Phi) is 17.2. The van der Waals surface area contributed by atoms with E-state index in [1.54, 1.807) is 29.2 Å². The molecule has 6 atom stereocenters. The van der Waals surface area contributed by atoms with E-state index in [0.29, 0.717) is 65.2 Å². The van der Waals surface area contributed by atoms with E-state index >= 15 is 4.79 Å². The van der Waals surface area contributed by atoms with Gasteiger partial charge in [0.15, 0.2) is 17.8 Å². The van der Waals surface area contributed by atoms with Gasteiger partial charge in [-0.2, -0.15) is 0 Å². The number of fused-ring (bicyclic) bond motifs is 3. The van der Waals surface area contributed by atoms with E-state index in [2.05, 4.69) is 12.7 Å². The smallest absolute Gasteiger partial charge is 0.410 e. The van der Waals surface area contributed by atoms with Gasteiger partial charge in [0.1, 0.15) is 41.2 Å². The first-order chi connectivity index (χ1) is 35.0. The average Bonchev–Trinajstić information content (AvgIpc) is 3.86. The Morgan fingerprint density at radius 3 is 2.39 bits per heavy atom. The van der Waals surface area contributed by atoms with Crippen molar-refractivity contribution in [3.63, 3.8) is 0 Å². The molecule has 0 aromatic heterocycles. The van der Waals surface area contributed by atoms with Crippen LogP contribution in [0.2, 0.25) is 0 Å². The molecule has 4 aliphatic rings. The van der Waals surface area contributed by atoms with Crippen LogP contribution in [-0.2, 0) is 32.2 Å². The standard InChI is InChI=1S/C57H68N2O13/c1-6-26-69-57-52(59(34-39-18-21-50-51(29-39)68-37-67-50)55(63)66-28-27-65-36-38-14-8-7-9-15-38)33-47(58-72-56(2,3)4)45-31-40(16-10-12-24-60)44(17-11-13-25-61)53(54(45)57)46-32-43(20-23-49(46)71-57)70-42-19-22-48(64-5)41(30-42)35-62/h6-9,14-15,18-23,29-32,35,40,44,52-54,60-61H,1,10-13,16-17,24-28,33-34,36-37H2,2-5H3/t40-,44+,52-,53+,54+,57+/m0/s1. The van der Waals surface area contributed by atoms with E-state index in [-0.39, 0.29) is 70.5 Å². The van der Waals surface area contributed by atoms with Crippen molar-refractivity contribution in [3.05, 3.63) is 131 Å². The summed E-state index contributed by atoms with van der Waals surface area (Å²) in [5, 5.41) is 25.1. The quantitative estimate of drug-likeness (QED) is 0.0294. The van der Waals surface area contributed by atoms with E-state index in [1.165, 1.54) is 7.11 Å². The zero-order valence-corrected chi connectivity index (χ0v) is 41.8. The van der Waals surface area contributed by atoms with E-state index in [4.69, 9.17) is 47.9 Å². The summed E-state index contributed by atoms with van der Waals surface area (Å²) < 4.78 is 50.2. The highest BCUT2D eigenvalue weighted by atomic mass is 16.7. The second-order valence-corrected chi connectivity index (χ2v) is 19.6. The van der Waals surface area contributed by atoms with Crippen LogP contribution >= 0.6 is 0 Å². The fraction of sp³-hybridized carbons (Fsp3) is 0.456. The van der Waals surface area contributed by atoms with Crippen molar-refractivity contribution in [1.29, 1.82) is 0 Å². The molecule has 0 unspecified atom stereocenters. The Morgan fingerprint density at radius 2 is 1.64 bits per heavy atom. The minimum Gasteiger partial charge on any atom is -0.496 e. The number of hydrogen-bond acceptors (Lipinski definition) is 14. The molecule has 2 aliphatic heterocycles. The topological polar surface area (TPSA) is 173 Å². The summed E-state index contributed by atoms with van der Waals surface area (Å²) in [4.78, 5) is 35.2. The summed E-state index contributed by atoms with van der Waals surface area (Å²) in [6.07, 6.45) is 8.50. The summed E-state index contributed by atoms with van der Waals surface area (Å²) in [6, 6.07) is 25.3. The molecule has 0 saturated heterocycles. The number of nitrogens with zero attached hydrogens (tertiary/aromatic N) is 2. The fourth-order valence-electron chi connectivity index (χ4n) is 10.5. The van der Waals surface area contributed by atoms with Crippen molar-refractivity contribution in [3.8, 4) is 34.5 Å². The van der Waals surface area contributed by atoms with E-state index in [1.807, 2.05) is 87.5 Å². The number of allylic oxidation sites excluding steroid dienone is 1. The number of unbranched alkanes of at least 4 members (excludes halogenated alkanes) is 2. The van der Waals surface area contributed by atoms with Crippen LogP contribution in [0.25, 0.3) is 0 Å². The first kappa shape index (κ1) is 51.9. The number of aldehydes is 1. The predicted octanol–water partition coefficient (Wildman–Crippen LogP) is 10.3. The van der Waals surface area contributed by atoms with Gasteiger partial charge in [0.2, 0.25) is 12.6 Å². The third kappa shape index (κ3) is 11.9. The maximum atomic E-state index is 15.1. The van der Waals surface area contributed by atoms with Crippen molar-refractivity contribution in [1.82, 2.24) is 4.90 Å². The Balaban J connectivity index is 1.29. The lowest BCUT2D eigenvalue weighted by Crippen LogP contribution is -2.70. The number of oxime groups is 1. The van der Waals surface area contributed by atoms with Crippen LogP contribution in [0.15, 0.2) is 114 Å². The molecule has 2 N–H and O–H groups in total. The van der Waals surface area contributed by atoms with Crippen molar-refractivity contribution < 1.29 is 62.5 Å². The second-order valence-electron chi connectivity index (χ2n) is 19.6. The second kappa shape index (κ2) is 23.9. The molecule has 0 radical (unpaired) electrons. The van der Waals surface area contributed by atoms with Crippen molar-refractivity contribution in [2.75, 3.05) is 46.9 Å². The average molecular weight is 989 g/mol. The molecule has 15 nitrogen and oxygen atoms in total. The van der Waals surface area contributed by atoms with Gasteiger partial charge in [-0.05, 0) is 124 Å². The first-order valence-corrected chi connectivity index (χ1v) is 25.0. The molecule has 4 aromatic carbocycles. The van der Waals surface area contributed by atoms with Crippen LogP contribution in [0.1, 0.15) is 98.7 Å².